The number of rotatable bonds is 4. The molecule has 0 unspecified atom stereocenters. The highest BCUT2D eigenvalue weighted by Gasteiger charge is 2.36. The van der Waals surface area contributed by atoms with Crippen LogP contribution < -0.4 is 10.6 Å². The van der Waals surface area contributed by atoms with Gasteiger partial charge in [-0.2, -0.15) is 0 Å². The second kappa shape index (κ2) is 7.86. The number of carbonyl (C=O) groups is 3. The zero-order chi connectivity index (χ0) is 22.2. The average molecular weight is 420 g/mol. The molecule has 2 N–H and O–H groups in total. The van der Waals surface area contributed by atoms with Gasteiger partial charge in [0.25, 0.3) is 5.91 Å². The third kappa shape index (κ3) is 4.42. The summed E-state index contributed by atoms with van der Waals surface area (Å²) in [4.78, 5) is 42.9. The first kappa shape index (κ1) is 20.6. The summed E-state index contributed by atoms with van der Waals surface area (Å²) in [5.74, 6) is 0.362. The normalized spacial score (nSPS) is 14.2. The number of ether oxygens (including phenoxy) is 1. The van der Waals surface area contributed by atoms with Crippen molar-refractivity contribution < 1.29 is 19.1 Å². The van der Waals surface area contributed by atoms with Crippen molar-refractivity contribution in [2.24, 2.45) is 4.99 Å². The van der Waals surface area contributed by atoms with Crippen LogP contribution in [0.2, 0.25) is 0 Å². The van der Waals surface area contributed by atoms with E-state index in [9.17, 15) is 14.4 Å². The first-order valence-electron chi connectivity index (χ1n) is 10.1. The molecule has 0 radical (unpaired) electrons. The Bertz CT molecular complexity index is 1100. The van der Waals surface area contributed by atoms with E-state index in [1.54, 1.807) is 37.8 Å². The van der Waals surface area contributed by atoms with E-state index in [1.807, 2.05) is 30.3 Å². The Morgan fingerprint density at radius 1 is 1.13 bits per heavy atom. The Hall–Kier alpha value is -3.68. The molecule has 3 amide bonds. The molecule has 0 aliphatic carbocycles. The highest BCUT2D eigenvalue weighted by Crippen LogP contribution is 2.35. The van der Waals surface area contributed by atoms with E-state index >= 15 is 0 Å². The van der Waals surface area contributed by atoms with Crippen molar-refractivity contribution >= 4 is 35.1 Å². The summed E-state index contributed by atoms with van der Waals surface area (Å²) in [6, 6.07) is 12.9. The van der Waals surface area contributed by atoms with E-state index in [4.69, 9.17) is 4.74 Å². The monoisotopic (exact) mass is 420 g/mol. The lowest BCUT2D eigenvalue weighted by Gasteiger charge is -2.24. The zero-order valence-corrected chi connectivity index (χ0v) is 17.7. The first-order chi connectivity index (χ1) is 14.7. The third-order valence-corrected chi connectivity index (χ3v) is 4.84. The molecule has 2 heterocycles. The number of hydrogen-bond acceptors (Lipinski definition) is 5. The molecule has 0 saturated carbocycles. The molecular formula is C23H24N4O4. The minimum atomic E-state index is -0.587. The van der Waals surface area contributed by atoms with E-state index in [-0.39, 0.29) is 24.8 Å². The van der Waals surface area contributed by atoms with E-state index in [0.29, 0.717) is 23.6 Å². The van der Waals surface area contributed by atoms with Crippen LogP contribution in [0, 0.1) is 0 Å². The number of carbonyl (C=O) groups excluding carboxylic acids is 3. The lowest BCUT2D eigenvalue weighted by molar-refractivity contribution is -0.116. The van der Waals surface area contributed by atoms with Gasteiger partial charge < -0.3 is 15.4 Å². The van der Waals surface area contributed by atoms with Gasteiger partial charge in [-0.1, -0.05) is 18.2 Å². The molecule has 0 atom stereocenters. The summed E-state index contributed by atoms with van der Waals surface area (Å²) in [5.41, 5.74) is 3.16. The number of amidine groups is 1. The van der Waals surface area contributed by atoms with Gasteiger partial charge in [0.05, 0.1) is 17.8 Å². The molecule has 2 aliphatic rings. The fraction of sp³-hybridized carbons (Fsp3) is 0.304. The van der Waals surface area contributed by atoms with Gasteiger partial charge in [-0.15, -0.1) is 0 Å². The summed E-state index contributed by atoms with van der Waals surface area (Å²) >= 11 is 0. The van der Waals surface area contributed by atoms with Crippen LogP contribution in [0.5, 0.6) is 0 Å². The number of hydrogen-bond donors (Lipinski definition) is 2. The van der Waals surface area contributed by atoms with E-state index in [0.717, 1.165) is 16.8 Å². The van der Waals surface area contributed by atoms with Gasteiger partial charge in [-0.25, -0.2) is 9.79 Å². The van der Waals surface area contributed by atoms with Gasteiger partial charge in [-0.3, -0.25) is 14.5 Å². The molecule has 31 heavy (non-hydrogen) atoms. The minimum Gasteiger partial charge on any atom is -0.444 e. The van der Waals surface area contributed by atoms with Crippen LogP contribution in [0.4, 0.5) is 16.2 Å². The van der Waals surface area contributed by atoms with E-state index < -0.39 is 11.7 Å². The van der Waals surface area contributed by atoms with Crippen LogP contribution in [0.1, 0.15) is 48.7 Å². The van der Waals surface area contributed by atoms with Crippen molar-refractivity contribution in [2.75, 3.05) is 11.9 Å². The van der Waals surface area contributed by atoms with Gasteiger partial charge in [0, 0.05) is 24.2 Å². The predicted molar refractivity (Wildman–Crippen MR) is 116 cm³/mol. The topological polar surface area (TPSA) is 100 Å². The molecule has 2 aromatic carbocycles. The number of nitrogens with zero attached hydrogens (tertiary/aromatic N) is 2. The molecule has 0 saturated heterocycles. The summed E-state index contributed by atoms with van der Waals surface area (Å²) in [6.07, 6.45) is -0.447. The van der Waals surface area contributed by atoms with E-state index in [1.165, 1.54) is 0 Å². The summed E-state index contributed by atoms with van der Waals surface area (Å²) in [7, 11) is 0. The molecule has 0 aromatic heterocycles. The highest BCUT2D eigenvalue weighted by molar-refractivity contribution is 6.24. The second-order valence-electron chi connectivity index (χ2n) is 8.44. The Morgan fingerprint density at radius 2 is 1.87 bits per heavy atom. The largest absolute Gasteiger partial charge is 0.444 e. The standard InChI is InChI=1S/C23H24N4O4/c1-23(2,3)31-22(30)24-11-10-19(28)25-15-8-9-18-14(12-15)13-27-20(26-18)16-6-4-5-7-17(16)21(27)29/h4-9,12H,10-11,13H2,1-3H3,(H,24,30)(H,25,28). The maximum atomic E-state index is 12.7. The van der Waals surface area contributed by atoms with Gasteiger partial charge in [0.1, 0.15) is 11.4 Å². The minimum absolute atomic E-state index is 0.0670. The van der Waals surface area contributed by atoms with Gasteiger partial charge in [0.2, 0.25) is 5.91 Å². The van der Waals surface area contributed by atoms with Crippen molar-refractivity contribution in [2.45, 2.75) is 39.3 Å². The molecule has 160 valence electrons. The third-order valence-electron chi connectivity index (χ3n) is 4.84. The van der Waals surface area contributed by atoms with Crippen LogP contribution >= 0.6 is 0 Å². The molecule has 0 spiro atoms. The van der Waals surface area contributed by atoms with Crippen LogP contribution in [-0.4, -0.2) is 40.8 Å². The number of amides is 3. The van der Waals surface area contributed by atoms with Crippen molar-refractivity contribution in [3.05, 3.63) is 59.2 Å². The Kier molecular flexibility index (Phi) is 5.22. The molecule has 0 bridgehead atoms. The molecular weight excluding hydrogens is 396 g/mol. The SMILES string of the molecule is CC(C)(C)OC(=O)NCCC(=O)Nc1ccc2c(c1)CN1C(=O)c3ccccc3C1=N2. The predicted octanol–water partition coefficient (Wildman–Crippen LogP) is 3.59. The smallest absolute Gasteiger partial charge is 0.407 e. The van der Waals surface area contributed by atoms with Crippen molar-refractivity contribution in [3.63, 3.8) is 0 Å². The highest BCUT2D eigenvalue weighted by atomic mass is 16.6. The van der Waals surface area contributed by atoms with Crippen molar-refractivity contribution in [1.82, 2.24) is 10.2 Å². The van der Waals surface area contributed by atoms with Crippen LogP contribution in [-0.2, 0) is 16.1 Å². The van der Waals surface area contributed by atoms with Crippen molar-refractivity contribution in [3.8, 4) is 0 Å². The molecule has 4 rings (SSSR count). The van der Waals surface area contributed by atoms with Crippen LogP contribution in [0.25, 0.3) is 0 Å². The maximum absolute atomic E-state index is 12.7. The number of aliphatic imine (C=N–C) groups is 1. The quantitative estimate of drug-likeness (QED) is 0.789. The van der Waals surface area contributed by atoms with Gasteiger partial charge >= 0.3 is 6.09 Å². The fourth-order valence-corrected chi connectivity index (χ4v) is 3.52. The fourth-order valence-electron chi connectivity index (χ4n) is 3.52. The van der Waals surface area contributed by atoms with Crippen LogP contribution in [0.3, 0.4) is 0 Å². The van der Waals surface area contributed by atoms with Gasteiger partial charge in [-0.05, 0) is 50.6 Å². The average Bonchev–Trinajstić information content (AvgIpc) is 2.97. The van der Waals surface area contributed by atoms with Crippen LogP contribution in [0.15, 0.2) is 47.5 Å². The number of benzene rings is 2. The first-order valence-corrected chi connectivity index (χ1v) is 10.1. The van der Waals surface area contributed by atoms with Gasteiger partial charge in [0.15, 0.2) is 0 Å². The number of alkyl carbamates (subject to hydrolysis) is 1. The zero-order valence-electron chi connectivity index (χ0n) is 17.7. The lowest BCUT2D eigenvalue weighted by atomic mass is 10.1. The molecule has 8 nitrogen and oxygen atoms in total. The molecule has 0 fully saturated rings. The summed E-state index contributed by atoms with van der Waals surface area (Å²) < 4.78 is 5.14. The number of fused-ring (bicyclic) bond motifs is 4. The second-order valence-corrected chi connectivity index (χ2v) is 8.44. The summed E-state index contributed by atoms with van der Waals surface area (Å²) in [5, 5.41) is 5.38. The lowest BCUT2D eigenvalue weighted by Crippen LogP contribution is -2.34. The number of anilines is 1. The molecule has 8 heteroatoms. The molecule has 2 aliphatic heterocycles. The maximum Gasteiger partial charge on any atom is 0.407 e. The Balaban J connectivity index is 1.38. The van der Waals surface area contributed by atoms with E-state index in [2.05, 4.69) is 15.6 Å². The summed E-state index contributed by atoms with van der Waals surface area (Å²) in [6.45, 7) is 5.88. The van der Waals surface area contributed by atoms with Crippen molar-refractivity contribution in [1.29, 1.82) is 0 Å². The molecule has 2 aromatic rings. The Morgan fingerprint density at radius 3 is 2.61 bits per heavy atom. The Labute approximate surface area is 180 Å². The number of nitrogens with one attached hydrogen (secondary N) is 2.